The maximum absolute atomic E-state index is 6.19. The summed E-state index contributed by atoms with van der Waals surface area (Å²) in [6.45, 7) is 2.95. The molecule has 1 atom stereocenters. The van der Waals surface area contributed by atoms with E-state index < -0.39 is 0 Å². The standard InChI is InChI=1S/C22H28N4.HI/c23-22(25-21-12-6-8-18-7-4-5-11-20(18)21)24-15-17-13-14-26(16-17)19-9-2-1-3-10-19;/h1-3,6,8-10,12,17H,4-5,7,11,13-16H2,(H3,23,24,25);1H. The van der Waals surface area contributed by atoms with Crippen LogP contribution in [0.5, 0.6) is 0 Å². The highest BCUT2D eigenvalue weighted by molar-refractivity contribution is 14.0. The Hall–Kier alpha value is -1.76. The third-order valence-electron chi connectivity index (χ3n) is 5.59. The van der Waals surface area contributed by atoms with Crippen LogP contribution in [0.4, 0.5) is 11.4 Å². The number of nitrogens with zero attached hydrogens (tertiary/aromatic N) is 2. The van der Waals surface area contributed by atoms with Gasteiger partial charge in [-0.15, -0.1) is 24.0 Å². The van der Waals surface area contributed by atoms with Crippen LogP contribution in [0.1, 0.15) is 30.4 Å². The van der Waals surface area contributed by atoms with Gasteiger partial charge in [-0.25, -0.2) is 0 Å². The second-order valence-electron chi connectivity index (χ2n) is 7.44. The van der Waals surface area contributed by atoms with Gasteiger partial charge in [0.25, 0.3) is 0 Å². The molecule has 1 heterocycles. The Labute approximate surface area is 179 Å². The monoisotopic (exact) mass is 476 g/mol. The fourth-order valence-electron chi connectivity index (χ4n) is 4.16. The summed E-state index contributed by atoms with van der Waals surface area (Å²) in [7, 11) is 0. The lowest BCUT2D eigenvalue weighted by molar-refractivity contribution is 0.603. The molecule has 0 aromatic heterocycles. The van der Waals surface area contributed by atoms with Crippen LogP contribution in [0.25, 0.3) is 0 Å². The maximum Gasteiger partial charge on any atom is 0.193 e. The highest BCUT2D eigenvalue weighted by Gasteiger charge is 2.22. The molecule has 0 radical (unpaired) electrons. The van der Waals surface area contributed by atoms with Gasteiger partial charge in [0.15, 0.2) is 5.96 Å². The average Bonchev–Trinajstić information content (AvgIpc) is 3.17. The molecule has 2 aliphatic rings. The number of hydrogen-bond donors (Lipinski definition) is 2. The molecule has 4 rings (SSSR count). The van der Waals surface area contributed by atoms with E-state index in [-0.39, 0.29) is 24.0 Å². The SMILES string of the molecule is I.NC(=NCC1CCN(c2ccccc2)C1)Nc1cccc2c1CCCC2. The minimum absolute atomic E-state index is 0. The first-order chi connectivity index (χ1) is 12.8. The largest absolute Gasteiger partial charge is 0.371 e. The Balaban J connectivity index is 0.00000210. The molecule has 0 saturated carbocycles. The fourth-order valence-corrected chi connectivity index (χ4v) is 4.16. The van der Waals surface area contributed by atoms with E-state index in [0.717, 1.165) is 31.7 Å². The van der Waals surface area contributed by atoms with Crippen molar-refractivity contribution in [3.05, 3.63) is 59.7 Å². The number of para-hydroxylation sites is 1. The second-order valence-corrected chi connectivity index (χ2v) is 7.44. The number of nitrogens with two attached hydrogens (primary N) is 1. The number of anilines is 2. The number of halogens is 1. The molecule has 2 aromatic carbocycles. The normalized spacial score (nSPS) is 19.3. The molecule has 0 spiro atoms. The Morgan fingerprint density at radius 1 is 1.07 bits per heavy atom. The van der Waals surface area contributed by atoms with Crippen LogP contribution in [-0.4, -0.2) is 25.6 Å². The third kappa shape index (κ3) is 4.94. The molecular weight excluding hydrogens is 447 g/mol. The highest BCUT2D eigenvalue weighted by Crippen LogP contribution is 2.28. The summed E-state index contributed by atoms with van der Waals surface area (Å²) in [5, 5.41) is 3.35. The van der Waals surface area contributed by atoms with Gasteiger partial charge in [-0.1, -0.05) is 30.3 Å². The zero-order valence-corrected chi connectivity index (χ0v) is 18.1. The average molecular weight is 476 g/mol. The van der Waals surface area contributed by atoms with E-state index in [0.29, 0.717) is 11.9 Å². The molecule has 1 aliphatic heterocycles. The number of guanidine groups is 1. The first-order valence-electron chi connectivity index (χ1n) is 9.77. The van der Waals surface area contributed by atoms with Crippen LogP contribution in [0.2, 0.25) is 0 Å². The van der Waals surface area contributed by atoms with Gasteiger partial charge >= 0.3 is 0 Å². The van der Waals surface area contributed by atoms with Gasteiger partial charge in [-0.3, -0.25) is 4.99 Å². The molecule has 1 fully saturated rings. The van der Waals surface area contributed by atoms with Crippen molar-refractivity contribution < 1.29 is 0 Å². The van der Waals surface area contributed by atoms with Crippen LogP contribution in [0.15, 0.2) is 53.5 Å². The van der Waals surface area contributed by atoms with Crippen molar-refractivity contribution in [2.45, 2.75) is 32.1 Å². The second kappa shape index (κ2) is 9.44. The number of aliphatic imine (C=N–C) groups is 1. The quantitative estimate of drug-likeness (QED) is 0.390. The maximum atomic E-state index is 6.19. The minimum atomic E-state index is 0. The lowest BCUT2D eigenvalue weighted by Gasteiger charge is -2.20. The number of rotatable bonds is 4. The van der Waals surface area contributed by atoms with Crippen LogP contribution in [0.3, 0.4) is 0 Å². The van der Waals surface area contributed by atoms with Gasteiger partial charge in [0, 0.05) is 31.0 Å². The lowest BCUT2D eigenvalue weighted by atomic mass is 9.90. The summed E-state index contributed by atoms with van der Waals surface area (Å²) in [5.74, 6) is 1.11. The number of nitrogens with one attached hydrogen (secondary N) is 1. The van der Waals surface area contributed by atoms with E-state index in [9.17, 15) is 0 Å². The fraction of sp³-hybridized carbons (Fsp3) is 0.409. The predicted molar refractivity (Wildman–Crippen MR) is 125 cm³/mol. The van der Waals surface area contributed by atoms with Gasteiger partial charge in [0.2, 0.25) is 0 Å². The van der Waals surface area contributed by atoms with E-state index in [1.807, 2.05) is 0 Å². The number of benzene rings is 2. The van der Waals surface area contributed by atoms with Crippen LogP contribution in [-0.2, 0) is 12.8 Å². The molecule has 27 heavy (non-hydrogen) atoms. The van der Waals surface area contributed by atoms with Gasteiger partial charge in [0.1, 0.15) is 0 Å². The van der Waals surface area contributed by atoms with Crippen molar-refractivity contribution in [2.75, 3.05) is 29.9 Å². The van der Waals surface area contributed by atoms with E-state index in [2.05, 4.69) is 63.7 Å². The molecule has 2 aromatic rings. The summed E-state index contributed by atoms with van der Waals surface area (Å²) < 4.78 is 0. The molecule has 1 unspecified atom stereocenters. The van der Waals surface area contributed by atoms with E-state index in [4.69, 9.17) is 5.73 Å². The van der Waals surface area contributed by atoms with Crippen molar-refractivity contribution in [3.8, 4) is 0 Å². The Kier molecular flexibility index (Phi) is 6.99. The topological polar surface area (TPSA) is 53.6 Å². The number of fused-ring (bicyclic) bond motifs is 1. The molecule has 4 nitrogen and oxygen atoms in total. The van der Waals surface area contributed by atoms with Gasteiger partial charge in [-0.05, 0) is 67.3 Å². The predicted octanol–water partition coefficient (Wildman–Crippen LogP) is 4.44. The van der Waals surface area contributed by atoms with E-state index >= 15 is 0 Å². The molecule has 0 bridgehead atoms. The first-order valence-corrected chi connectivity index (χ1v) is 9.77. The van der Waals surface area contributed by atoms with Crippen molar-refractivity contribution in [1.82, 2.24) is 0 Å². The first kappa shape index (κ1) is 20.0. The van der Waals surface area contributed by atoms with Gasteiger partial charge in [0.05, 0.1) is 0 Å². The smallest absolute Gasteiger partial charge is 0.193 e. The zero-order valence-electron chi connectivity index (χ0n) is 15.7. The Bertz CT molecular complexity index is 775. The van der Waals surface area contributed by atoms with Crippen molar-refractivity contribution >= 4 is 41.3 Å². The summed E-state index contributed by atoms with van der Waals surface area (Å²) in [6, 6.07) is 17.1. The molecule has 5 heteroatoms. The van der Waals surface area contributed by atoms with Crippen LogP contribution < -0.4 is 16.0 Å². The van der Waals surface area contributed by atoms with Gasteiger partial charge < -0.3 is 16.0 Å². The molecule has 3 N–H and O–H groups in total. The van der Waals surface area contributed by atoms with E-state index in [1.54, 1.807) is 0 Å². The number of hydrogen-bond acceptors (Lipinski definition) is 2. The molecular formula is C22H29IN4. The molecule has 1 saturated heterocycles. The molecule has 144 valence electrons. The number of aryl methyl sites for hydroxylation is 1. The van der Waals surface area contributed by atoms with Crippen molar-refractivity contribution in [2.24, 2.45) is 16.6 Å². The van der Waals surface area contributed by atoms with Crippen LogP contribution >= 0.6 is 24.0 Å². The van der Waals surface area contributed by atoms with Crippen LogP contribution in [0, 0.1) is 5.92 Å². The summed E-state index contributed by atoms with van der Waals surface area (Å²) in [5.41, 5.74) is 11.5. The van der Waals surface area contributed by atoms with Crippen molar-refractivity contribution in [1.29, 1.82) is 0 Å². The third-order valence-corrected chi connectivity index (χ3v) is 5.59. The van der Waals surface area contributed by atoms with Crippen molar-refractivity contribution in [3.63, 3.8) is 0 Å². The zero-order chi connectivity index (χ0) is 17.8. The Morgan fingerprint density at radius 3 is 2.74 bits per heavy atom. The summed E-state index contributed by atoms with van der Waals surface area (Å²) >= 11 is 0. The highest BCUT2D eigenvalue weighted by atomic mass is 127. The molecule has 0 amide bonds. The minimum Gasteiger partial charge on any atom is -0.371 e. The summed E-state index contributed by atoms with van der Waals surface area (Å²) in [4.78, 5) is 7.08. The Morgan fingerprint density at radius 2 is 1.89 bits per heavy atom. The summed E-state index contributed by atoms with van der Waals surface area (Å²) in [6.07, 6.45) is 6.05. The lowest BCUT2D eigenvalue weighted by Crippen LogP contribution is -2.26. The van der Waals surface area contributed by atoms with Gasteiger partial charge in [-0.2, -0.15) is 0 Å². The van der Waals surface area contributed by atoms with E-state index in [1.165, 1.54) is 42.5 Å². The molecule has 1 aliphatic carbocycles.